The fraction of sp³-hybridized carbons (Fsp3) is 0.500. The lowest BCUT2D eigenvalue weighted by atomic mass is 9.83. The van der Waals surface area contributed by atoms with Crippen LogP contribution >= 0.6 is 0 Å². The maximum absolute atomic E-state index is 12.4. The molecule has 1 N–H and O–H groups in total. The first-order valence-corrected chi connectivity index (χ1v) is 10.4. The molecule has 1 saturated carbocycles. The van der Waals surface area contributed by atoms with Crippen LogP contribution in [0.4, 0.5) is 5.69 Å². The molecular weight excluding hydrogens is 332 g/mol. The molecule has 0 aromatic heterocycles. The van der Waals surface area contributed by atoms with Crippen molar-refractivity contribution in [3.8, 4) is 0 Å². The van der Waals surface area contributed by atoms with Gasteiger partial charge in [0.2, 0.25) is 10.0 Å². The summed E-state index contributed by atoms with van der Waals surface area (Å²) in [5, 5.41) is 3.42. The Labute approximate surface area is 152 Å². The number of sulfonamides is 1. The van der Waals surface area contributed by atoms with E-state index < -0.39 is 10.0 Å². The predicted molar refractivity (Wildman–Crippen MR) is 105 cm³/mol. The number of benzene rings is 1. The van der Waals surface area contributed by atoms with Crippen LogP contribution in [-0.2, 0) is 10.0 Å². The normalized spacial score (nSPS) is 16.9. The van der Waals surface area contributed by atoms with Gasteiger partial charge in [-0.25, -0.2) is 12.7 Å². The first-order chi connectivity index (χ1) is 11.8. The first-order valence-electron chi connectivity index (χ1n) is 8.93. The highest BCUT2D eigenvalue weighted by Crippen LogP contribution is 2.33. The number of nitrogens with zero attached hydrogens (tertiary/aromatic N) is 1. The third-order valence-corrected chi connectivity index (χ3v) is 6.80. The molecule has 0 atom stereocenters. The van der Waals surface area contributed by atoms with E-state index in [2.05, 4.69) is 11.9 Å². The molecule has 1 fully saturated rings. The van der Waals surface area contributed by atoms with Crippen LogP contribution in [0, 0.1) is 12.8 Å². The van der Waals surface area contributed by atoms with E-state index in [1.165, 1.54) is 36.4 Å². The molecule has 0 unspecified atom stereocenters. The Bertz CT molecular complexity index is 758. The van der Waals surface area contributed by atoms with Gasteiger partial charge in [-0.15, -0.1) is 0 Å². The van der Waals surface area contributed by atoms with Crippen molar-refractivity contribution in [2.24, 2.45) is 5.92 Å². The van der Waals surface area contributed by atoms with Gasteiger partial charge < -0.3 is 5.32 Å². The molecule has 0 heterocycles. The quantitative estimate of drug-likeness (QED) is 0.746. The number of hydrogen-bond acceptors (Lipinski definition) is 3. The molecule has 25 heavy (non-hydrogen) atoms. The second kappa shape index (κ2) is 8.19. The van der Waals surface area contributed by atoms with Gasteiger partial charge in [-0.05, 0) is 55.9 Å². The summed E-state index contributed by atoms with van der Waals surface area (Å²) in [6, 6.07) is 5.21. The summed E-state index contributed by atoms with van der Waals surface area (Å²) in [5.41, 5.74) is 3.94. The van der Waals surface area contributed by atoms with E-state index in [0.717, 1.165) is 22.5 Å². The number of nitrogens with one attached hydrogen (secondary N) is 1. The van der Waals surface area contributed by atoms with E-state index in [1.807, 2.05) is 26.0 Å². The summed E-state index contributed by atoms with van der Waals surface area (Å²) < 4.78 is 26.0. The lowest BCUT2D eigenvalue weighted by Gasteiger charge is -2.26. The predicted octanol–water partition coefficient (Wildman–Crippen LogP) is 4.70. The fourth-order valence-corrected chi connectivity index (χ4v) is 4.19. The maximum atomic E-state index is 12.4. The Balaban J connectivity index is 2.27. The summed E-state index contributed by atoms with van der Waals surface area (Å²) >= 11 is 0. The Morgan fingerprint density at radius 2 is 1.88 bits per heavy atom. The van der Waals surface area contributed by atoms with Crippen LogP contribution in [0.3, 0.4) is 0 Å². The van der Waals surface area contributed by atoms with E-state index in [0.29, 0.717) is 10.8 Å². The number of aryl methyl sites for hydroxylation is 1. The summed E-state index contributed by atoms with van der Waals surface area (Å²) in [5.74, 6) is 0.515. The van der Waals surface area contributed by atoms with Crippen molar-refractivity contribution < 1.29 is 8.42 Å². The molecule has 2 rings (SSSR count). The zero-order valence-corrected chi connectivity index (χ0v) is 16.6. The number of hydrogen-bond donors (Lipinski definition) is 1. The molecule has 5 heteroatoms. The summed E-state index contributed by atoms with van der Waals surface area (Å²) in [6.45, 7) is 8.29. The van der Waals surface area contributed by atoms with Crippen molar-refractivity contribution in [2.75, 3.05) is 19.4 Å². The number of allylic oxidation sites excluding steroid dienone is 2. The Kier molecular flexibility index (Phi) is 6.47. The Morgan fingerprint density at radius 3 is 2.44 bits per heavy atom. The highest BCUT2D eigenvalue weighted by molar-refractivity contribution is 7.89. The largest absolute Gasteiger partial charge is 0.355 e. The summed E-state index contributed by atoms with van der Waals surface area (Å²) in [4.78, 5) is 0.296. The Hall–Kier alpha value is -1.59. The van der Waals surface area contributed by atoms with Crippen molar-refractivity contribution in [3.05, 3.63) is 47.7 Å². The van der Waals surface area contributed by atoms with Gasteiger partial charge in [0.25, 0.3) is 0 Å². The van der Waals surface area contributed by atoms with Crippen molar-refractivity contribution in [1.82, 2.24) is 4.31 Å². The van der Waals surface area contributed by atoms with Crippen LogP contribution < -0.4 is 5.32 Å². The summed E-state index contributed by atoms with van der Waals surface area (Å²) in [6.07, 6.45) is 8.24. The smallest absolute Gasteiger partial charge is 0.242 e. The molecule has 0 bridgehead atoms. The molecule has 0 spiro atoms. The third-order valence-electron chi connectivity index (χ3n) is 4.99. The van der Waals surface area contributed by atoms with E-state index in [1.54, 1.807) is 26.2 Å². The van der Waals surface area contributed by atoms with E-state index in [4.69, 9.17) is 0 Å². The van der Waals surface area contributed by atoms with E-state index >= 15 is 0 Å². The first kappa shape index (κ1) is 19.7. The van der Waals surface area contributed by atoms with Crippen LogP contribution in [0.15, 0.2) is 47.0 Å². The summed E-state index contributed by atoms with van der Waals surface area (Å²) in [7, 11) is -0.356. The molecule has 0 saturated heterocycles. The molecule has 1 aliphatic carbocycles. The maximum Gasteiger partial charge on any atom is 0.242 e. The number of rotatable bonds is 6. The van der Waals surface area contributed by atoms with Gasteiger partial charge in [0.1, 0.15) is 0 Å². The van der Waals surface area contributed by atoms with E-state index in [-0.39, 0.29) is 0 Å². The van der Waals surface area contributed by atoms with Crippen LogP contribution in [0.25, 0.3) is 0 Å². The zero-order chi connectivity index (χ0) is 18.6. The van der Waals surface area contributed by atoms with Crippen LogP contribution in [0.5, 0.6) is 0 Å². The topological polar surface area (TPSA) is 49.4 Å². The highest BCUT2D eigenvalue weighted by atomic mass is 32.2. The average molecular weight is 363 g/mol. The van der Waals surface area contributed by atoms with Gasteiger partial charge in [0.15, 0.2) is 0 Å². The third kappa shape index (κ3) is 4.53. The van der Waals surface area contributed by atoms with Gasteiger partial charge in [-0.2, -0.15) is 0 Å². The highest BCUT2D eigenvalue weighted by Gasteiger charge is 2.21. The van der Waals surface area contributed by atoms with Crippen molar-refractivity contribution in [2.45, 2.75) is 50.8 Å². The van der Waals surface area contributed by atoms with Crippen molar-refractivity contribution >= 4 is 15.7 Å². The van der Waals surface area contributed by atoms with Crippen LogP contribution in [0.2, 0.25) is 0 Å². The van der Waals surface area contributed by atoms with Crippen LogP contribution in [-0.4, -0.2) is 26.8 Å². The SMILES string of the molecule is C=C(/C(=C\C)Nc1cc(S(=O)(=O)N(C)C)ccc1C)C1CCCCC1. The number of anilines is 1. The van der Waals surface area contributed by atoms with Gasteiger partial charge in [0.05, 0.1) is 4.90 Å². The van der Waals surface area contributed by atoms with Gasteiger partial charge >= 0.3 is 0 Å². The minimum atomic E-state index is -3.45. The standard InChI is InChI=1S/C20H30N2O2S/c1-6-19(16(3)17-10-8-7-9-11-17)21-20-14-18(13-12-15(20)2)25(23,24)22(4)5/h6,12-14,17,21H,3,7-11H2,1-2,4-5H3/b19-6+. The fourth-order valence-electron chi connectivity index (χ4n) is 3.26. The average Bonchev–Trinajstić information content (AvgIpc) is 2.60. The molecule has 138 valence electrons. The molecule has 1 aliphatic rings. The Morgan fingerprint density at radius 1 is 1.24 bits per heavy atom. The van der Waals surface area contributed by atoms with Gasteiger partial charge in [-0.1, -0.05) is 38.0 Å². The second-order valence-corrected chi connectivity index (χ2v) is 9.10. The zero-order valence-electron chi connectivity index (χ0n) is 15.8. The van der Waals surface area contributed by atoms with Gasteiger partial charge in [-0.3, -0.25) is 0 Å². The van der Waals surface area contributed by atoms with Crippen molar-refractivity contribution in [1.29, 1.82) is 0 Å². The minimum Gasteiger partial charge on any atom is -0.355 e. The van der Waals surface area contributed by atoms with E-state index in [9.17, 15) is 8.42 Å². The lowest BCUT2D eigenvalue weighted by molar-refractivity contribution is 0.406. The molecular formula is C20H30N2O2S. The lowest BCUT2D eigenvalue weighted by Crippen LogP contribution is -2.22. The molecule has 0 amide bonds. The molecule has 0 aliphatic heterocycles. The monoisotopic (exact) mass is 362 g/mol. The van der Waals surface area contributed by atoms with Gasteiger partial charge in [0, 0.05) is 25.5 Å². The molecule has 1 aromatic rings. The second-order valence-electron chi connectivity index (χ2n) is 6.95. The minimum absolute atomic E-state index is 0.296. The molecule has 1 aromatic carbocycles. The van der Waals surface area contributed by atoms with Crippen LogP contribution in [0.1, 0.15) is 44.6 Å². The molecule has 4 nitrogen and oxygen atoms in total. The molecule has 0 radical (unpaired) electrons. The van der Waals surface area contributed by atoms with Crippen molar-refractivity contribution in [3.63, 3.8) is 0 Å².